The van der Waals surface area contributed by atoms with Gasteiger partial charge in [0.1, 0.15) is 12.4 Å². The summed E-state index contributed by atoms with van der Waals surface area (Å²) in [7, 11) is 1.74. The maximum Gasteiger partial charge on any atom is 0.231 e. The van der Waals surface area contributed by atoms with Crippen molar-refractivity contribution >= 4 is 11.6 Å². The zero-order valence-corrected chi connectivity index (χ0v) is 8.77. The molecule has 0 spiro atoms. The summed E-state index contributed by atoms with van der Waals surface area (Å²) in [5.74, 6) is 0.751. The number of carbonyl (C=O) groups is 1. The molecule has 1 amide bonds. The van der Waals surface area contributed by atoms with Crippen LogP contribution in [0.4, 0.5) is 5.69 Å². The number of hydrogen-bond acceptors (Lipinski definition) is 4. The minimum Gasteiger partial charge on any atom is -0.490 e. The number of nitrogens with zero attached hydrogens (tertiary/aromatic N) is 2. The molecule has 3 rings (SSSR count). The Morgan fingerprint density at radius 2 is 2.31 bits per heavy atom. The van der Waals surface area contributed by atoms with Crippen LogP contribution in [-0.2, 0) is 11.2 Å². The Balaban J connectivity index is 2.14. The minimum absolute atomic E-state index is 0.0642. The number of nitroso groups, excluding NO2 is 1. The van der Waals surface area contributed by atoms with Gasteiger partial charge < -0.3 is 9.64 Å². The van der Waals surface area contributed by atoms with Crippen LogP contribution in [0.3, 0.4) is 0 Å². The van der Waals surface area contributed by atoms with Crippen LogP contribution < -0.4 is 9.64 Å². The fraction of sp³-hybridized carbons (Fsp3) is 0.364. The molecule has 1 unspecified atom stereocenters. The van der Waals surface area contributed by atoms with Gasteiger partial charge in [0.15, 0.2) is 6.04 Å². The van der Waals surface area contributed by atoms with Gasteiger partial charge in [-0.3, -0.25) is 4.79 Å². The van der Waals surface area contributed by atoms with Gasteiger partial charge in [-0.05, 0) is 17.7 Å². The van der Waals surface area contributed by atoms with Gasteiger partial charge in [-0.15, -0.1) is 0 Å². The molecule has 1 aromatic carbocycles. The maximum absolute atomic E-state index is 11.5. The van der Waals surface area contributed by atoms with E-state index in [1.807, 2.05) is 12.1 Å². The van der Waals surface area contributed by atoms with Gasteiger partial charge in [-0.2, -0.15) is 4.91 Å². The second kappa shape index (κ2) is 3.04. The van der Waals surface area contributed by atoms with Gasteiger partial charge in [0.25, 0.3) is 0 Å². The highest BCUT2D eigenvalue weighted by molar-refractivity contribution is 6.01. The van der Waals surface area contributed by atoms with Crippen LogP contribution in [0.15, 0.2) is 17.3 Å². The van der Waals surface area contributed by atoms with Crippen molar-refractivity contribution in [2.45, 2.75) is 12.5 Å². The first-order chi connectivity index (χ1) is 7.70. The summed E-state index contributed by atoms with van der Waals surface area (Å²) in [6.45, 7) is 0.305. The number of ether oxygens (including phenoxy) is 1. The fourth-order valence-corrected chi connectivity index (χ4v) is 2.23. The Morgan fingerprint density at radius 1 is 1.50 bits per heavy atom. The van der Waals surface area contributed by atoms with Crippen LogP contribution >= 0.6 is 0 Å². The van der Waals surface area contributed by atoms with Crippen molar-refractivity contribution in [2.75, 3.05) is 18.6 Å². The van der Waals surface area contributed by atoms with Crippen LogP contribution in [-0.4, -0.2) is 19.6 Å². The summed E-state index contributed by atoms with van der Waals surface area (Å²) < 4.78 is 5.37. The molecule has 0 saturated heterocycles. The highest BCUT2D eigenvalue weighted by atomic mass is 16.5. The lowest BCUT2D eigenvalue weighted by Gasteiger charge is -2.11. The van der Waals surface area contributed by atoms with Crippen molar-refractivity contribution in [3.63, 3.8) is 0 Å². The van der Waals surface area contributed by atoms with Crippen molar-refractivity contribution in [3.05, 3.63) is 28.2 Å². The van der Waals surface area contributed by atoms with E-state index in [9.17, 15) is 9.70 Å². The average Bonchev–Trinajstić information content (AvgIpc) is 2.79. The lowest BCUT2D eigenvalue weighted by atomic mass is 10.0. The normalized spacial score (nSPS) is 21.7. The van der Waals surface area contributed by atoms with Crippen molar-refractivity contribution in [2.24, 2.45) is 5.18 Å². The third-order valence-electron chi connectivity index (χ3n) is 3.17. The number of fused-ring (bicyclic) bond motifs is 2. The number of carbonyl (C=O) groups excluding carboxylic acids is 1. The third kappa shape index (κ3) is 1.08. The molecule has 0 bridgehead atoms. The zero-order chi connectivity index (χ0) is 11.3. The molecule has 2 aliphatic heterocycles. The molecule has 1 atom stereocenters. The Morgan fingerprint density at radius 3 is 3.06 bits per heavy atom. The van der Waals surface area contributed by atoms with Crippen molar-refractivity contribution in [1.82, 2.24) is 0 Å². The first-order valence-corrected chi connectivity index (χ1v) is 5.09. The zero-order valence-electron chi connectivity index (χ0n) is 8.77. The molecule has 5 heteroatoms. The topological polar surface area (TPSA) is 59.0 Å². The minimum atomic E-state index is -0.440. The molecule has 2 heterocycles. The second-order valence-electron chi connectivity index (χ2n) is 4.08. The Bertz CT molecular complexity index is 494. The van der Waals surface area contributed by atoms with Crippen molar-refractivity contribution < 1.29 is 9.53 Å². The first kappa shape index (κ1) is 9.33. The van der Waals surface area contributed by atoms with Gasteiger partial charge in [-0.1, -0.05) is 5.18 Å². The number of amides is 1. The van der Waals surface area contributed by atoms with E-state index in [0.29, 0.717) is 18.8 Å². The quantitative estimate of drug-likeness (QED) is 0.669. The molecule has 0 radical (unpaired) electrons. The molecule has 0 saturated carbocycles. The van der Waals surface area contributed by atoms with E-state index in [4.69, 9.17) is 4.74 Å². The van der Waals surface area contributed by atoms with Crippen LogP contribution in [0.25, 0.3) is 0 Å². The van der Waals surface area contributed by atoms with E-state index < -0.39 is 6.04 Å². The number of hydrogen-bond donors (Lipinski definition) is 0. The molecule has 0 fully saturated rings. The molecule has 5 nitrogen and oxygen atoms in total. The molecule has 0 N–H and O–H groups in total. The van der Waals surface area contributed by atoms with Gasteiger partial charge >= 0.3 is 0 Å². The molecule has 1 aromatic rings. The molecular formula is C11H10N2O3. The predicted octanol–water partition coefficient (Wildman–Crippen LogP) is 1.41. The molecule has 2 aliphatic rings. The summed E-state index contributed by atoms with van der Waals surface area (Å²) in [6, 6.07) is 3.25. The summed E-state index contributed by atoms with van der Waals surface area (Å²) in [5, 5.41) is 3.02. The van der Waals surface area contributed by atoms with E-state index in [-0.39, 0.29) is 5.91 Å². The largest absolute Gasteiger partial charge is 0.490 e. The van der Waals surface area contributed by atoms with Gasteiger partial charge in [0, 0.05) is 18.3 Å². The fourth-order valence-electron chi connectivity index (χ4n) is 2.23. The Kier molecular flexibility index (Phi) is 1.77. The van der Waals surface area contributed by atoms with Crippen molar-refractivity contribution in [1.29, 1.82) is 0 Å². The highest BCUT2D eigenvalue weighted by Gasteiger charge is 2.31. The number of benzene rings is 1. The lowest BCUT2D eigenvalue weighted by Crippen LogP contribution is -2.20. The maximum atomic E-state index is 11.5. The van der Waals surface area contributed by atoms with Crippen LogP contribution in [0.2, 0.25) is 0 Å². The summed E-state index contributed by atoms with van der Waals surface area (Å²) >= 11 is 0. The van der Waals surface area contributed by atoms with Crippen molar-refractivity contribution in [3.8, 4) is 5.75 Å². The Hall–Kier alpha value is -1.91. The predicted molar refractivity (Wildman–Crippen MR) is 57.6 cm³/mol. The standard InChI is InChI=1S/C11H10N2O3/c1-13-9-4-7-8(12-15)5-16-10(7)2-6(9)3-11(13)14/h2,4,8H,3,5H2,1H3. The van der Waals surface area contributed by atoms with Gasteiger partial charge in [0.2, 0.25) is 5.91 Å². The van der Waals surface area contributed by atoms with Crippen LogP contribution in [0, 0.1) is 4.91 Å². The van der Waals surface area contributed by atoms with E-state index in [1.54, 1.807) is 11.9 Å². The first-order valence-electron chi connectivity index (χ1n) is 5.09. The number of likely N-dealkylation sites (N-methyl/N-ethyl adjacent to an activating group) is 1. The summed E-state index contributed by atoms with van der Waals surface area (Å²) in [6.07, 6.45) is 0.404. The molecule has 0 aliphatic carbocycles. The molecule has 0 aromatic heterocycles. The van der Waals surface area contributed by atoms with Gasteiger partial charge in [-0.25, -0.2) is 0 Å². The lowest BCUT2D eigenvalue weighted by molar-refractivity contribution is -0.117. The van der Waals surface area contributed by atoms with E-state index in [0.717, 1.165) is 16.8 Å². The van der Waals surface area contributed by atoms with Crippen LogP contribution in [0.5, 0.6) is 5.75 Å². The molecular weight excluding hydrogens is 208 g/mol. The molecule has 82 valence electrons. The van der Waals surface area contributed by atoms with Gasteiger partial charge in [0.05, 0.1) is 6.42 Å². The Labute approximate surface area is 92.0 Å². The highest BCUT2D eigenvalue weighted by Crippen LogP contribution is 2.41. The van der Waals surface area contributed by atoms with Crippen LogP contribution in [0.1, 0.15) is 17.2 Å². The smallest absolute Gasteiger partial charge is 0.231 e. The molecule has 16 heavy (non-hydrogen) atoms. The monoisotopic (exact) mass is 218 g/mol. The summed E-state index contributed by atoms with van der Waals surface area (Å²) in [4.78, 5) is 23.7. The number of anilines is 1. The van der Waals surface area contributed by atoms with E-state index in [1.165, 1.54) is 0 Å². The second-order valence-corrected chi connectivity index (χ2v) is 4.08. The third-order valence-corrected chi connectivity index (χ3v) is 3.17. The van der Waals surface area contributed by atoms with E-state index in [2.05, 4.69) is 5.18 Å². The van der Waals surface area contributed by atoms with E-state index >= 15 is 0 Å². The summed E-state index contributed by atoms with van der Waals surface area (Å²) in [5.41, 5.74) is 2.61. The SMILES string of the molecule is CN1C(=O)Cc2cc3c(cc21)C(N=O)CO3. The average molecular weight is 218 g/mol. The number of rotatable bonds is 1.